The number of hydrogen-bond acceptors (Lipinski definition) is 3. The van der Waals surface area contributed by atoms with Crippen LogP contribution in [0.5, 0.6) is 0 Å². The van der Waals surface area contributed by atoms with Crippen LogP contribution in [0, 0.1) is 0 Å². The van der Waals surface area contributed by atoms with E-state index in [9.17, 15) is 0 Å². The van der Waals surface area contributed by atoms with Crippen LogP contribution in [0.4, 0.5) is 0 Å². The highest BCUT2D eigenvalue weighted by atomic mass is 79.9. The van der Waals surface area contributed by atoms with Crippen molar-refractivity contribution < 1.29 is 0 Å². The number of nitrogens with zero attached hydrogens (tertiary/aromatic N) is 2. The Morgan fingerprint density at radius 1 is 1.64 bits per heavy atom. The minimum absolute atomic E-state index is 0.295. The summed E-state index contributed by atoms with van der Waals surface area (Å²) in [7, 11) is 0. The number of H-pyrrole nitrogens is 1. The first-order valence-electron chi connectivity index (χ1n) is 4.41. The molecule has 2 heterocycles. The maximum atomic E-state index is 5.65. The Hall–Kier alpha value is -0.940. The van der Waals surface area contributed by atoms with Crippen LogP contribution in [0.2, 0.25) is 0 Å². The molecule has 1 unspecified atom stereocenters. The van der Waals surface area contributed by atoms with E-state index in [1.807, 2.05) is 6.20 Å². The summed E-state index contributed by atoms with van der Waals surface area (Å²) >= 11 is 3.47. The van der Waals surface area contributed by atoms with Crippen LogP contribution in [0.25, 0.3) is 11.0 Å². The zero-order chi connectivity index (χ0) is 10.1. The first-order chi connectivity index (χ1) is 6.74. The van der Waals surface area contributed by atoms with Crippen molar-refractivity contribution in [3.63, 3.8) is 0 Å². The van der Waals surface area contributed by atoms with Gasteiger partial charge in [-0.15, -0.1) is 0 Å². The number of nitrogens with two attached hydrogens (primary N) is 1. The molecule has 0 fully saturated rings. The molecule has 2 rings (SSSR count). The van der Waals surface area contributed by atoms with Crippen molar-refractivity contribution >= 4 is 27.0 Å². The Morgan fingerprint density at radius 3 is 3.14 bits per heavy atom. The second-order valence-corrected chi connectivity index (χ2v) is 4.07. The zero-order valence-electron chi connectivity index (χ0n) is 7.79. The van der Waals surface area contributed by atoms with E-state index in [0.717, 1.165) is 21.2 Å². The van der Waals surface area contributed by atoms with Gasteiger partial charge >= 0.3 is 0 Å². The summed E-state index contributed by atoms with van der Waals surface area (Å²) in [6.45, 7) is 2.70. The van der Waals surface area contributed by atoms with Gasteiger partial charge in [0, 0.05) is 11.6 Å². The van der Waals surface area contributed by atoms with E-state index in [2.05, 4.69) is 37.8 Å². The number of hydrogen-bond donors (Lipinski definition) is 2. The van der Waals surface area contributed by atoms with Crippen molar-refractivity contribution in [2.45, 2.75) is 12.8 Å². The van der Waals surface area contributed by atoms with Crippen LogP contribution in [-0.2, 0) is 0 Å². The smallest absolute Gasteiger partial charge is 0.141 e. The standard InChI is InChI=1S/C9H11BrN4/c1-5(2-11)7-6-3-12-4-13-9(6)14-8(7)10/h3-5H,2,11H2,1H3,(H,12,13,14). The minimum Gasteiger partial charge on any atom is -0.334 e. The van der Waals surface area contributed by atoms with Gasteiger partial charge in [-0.2, -0.15) is 0 Å². The third-order valence-corrected chi connectivity index (χ3v) is 2.94. The van der Waals surface area contributed by atoms with Gasteiger partial charge in [0.15, 0.2) is 0 Å². The fourth-order valence-electron chi connectivity index (χ4n) is 1.52. The van der Waals surface area contributed by atoms with Crippen LogP contribution in [0.3, 0.4) is 0 Å². The lowest BCUT2D eigenvalue weighted by Crippen LogP contribution is -2.08. The van der Waals surface area contributed by atoms with Crippen LogP contribution in [0.15, 0.2) is 17.1 Å². The lowest BCUT2D eigenvalue weighted by atomic mass is 10.0. The maximum Gasteiger partial charge on any atom is 0.141 e. The molecule has 4 nitrogen and oxygen atoms in total. The average molecular weight is 255 g/mol. The summed E-state index contributed by atoms with van der Waals surface area (Å²) < 4.78 is 0.950. The zero-order valence-corrected chi connectivity index (χ0v) is 9.37. The summed E-state index contributed by atoms with van der Waals surface area (Å²) in [6.07, 6.45) is 3.34. The molecular formula is C9H11BrN4. The Kier molecular flexibility index (Phi) is 2.52. The fraction of sp³-hybridized carbons (Fsp3) is 0.333. The molecule has 3 N–H and O–H groups in total. The summed E-state index contributed by atoms with van der Waals surface area (Å²) in [6, 6.07) is 0. The van der Waals surface area contributed by atoms with E-state index >= 15 is 0 Å². The van der Waals surface area contributed by atoms with E-state index in [-0.39, 0.29) is 0 Å². The van der Waals surface area contributed by atoms with Gasteiger partial charge in [0.1, 0.15) is 12.0 Å². The molecule has 0 aliphatic rings. The molecule has 74 valence electrons. The molecule has 0 aliphatic carbocycles. The summed E-state index contributed by atoms with van der Waals surface area (Å²) in [5.74, 6) is 0.295. The Morgan fingerprint density at radius 2 is 2.43 bits per heavy atom. The second-order valence-electron chi connectivity index (χ2n) is 3.27. The molecule has 0 aliphatic heterocycles. The number of aromatic amines is 1. The lowest BCUT2D eigenvalue weighted by molar-refractivity contribution is 0.776. The highest BCUT2D eigenvalue weighted by molar-refractivity contribution is 9.10. The minimum atomic E-state index is 0.295. The molecule has 5 heteroatoms. The van der Waals surface area contributed by atoms with E-state index in [0.29, 0.717) is 12.5 Å². The number of halogens is 1. The number of aromatic nitrogens is 3. The molecule has 0 spiro atoms. The molecule has 2 aromatic rings. The summed E-state index contributed by atoms with van der Waals surface area (Å²) in [5.41, 5.74) is 7.65. The molecule has 0 aromatic carbocycles. The van der Waals surface area contributed by atoms with E-state index in [1.165, 1.54) is 6.33 Å². The Labute approximate surface area is 90.1 Å². The predicted molar refractivity (Wildman–Crippen MR) is 59.1 cm³/mol. The third kappa shape index (κ3) is 1.42. The molecule has 0 saturated carbocycles. The Balaban J connectivity index is 2.67. The van der Waals surface area contributed by atoms with Crippen molar-refractivity contribution in [2.24, 2.45) is 5.73 Å². The normalized spacial score (nSPS) is 13.4. The number of rotatable bonds is 2. The average Bonchev–Trinajstić information content (AvgIpc) is 2.53. The second kappa shape index (κ2) is 3.67. The topological polar surface area (TPSA) is 67.6 Å². The summed E-state index contributed by atoms with van der Waals surface area (Å²) in [5, 5.41) is 1.04. The third-order valence-electron chi connectivity index (χ3n) is 2.31. The van der Waals surface area contributed by atoms with Crippen LogP contribution in [-0.4, -0.2) is 21.5 Å². The molecule has 14 heavy (non-hydrogen) atoms. The SMILES string of the molecule is CC(CN)c1c(Br)[nH]c2ncncc12. The Bertz CT molecular complexity index is 451. The first-order valence-corrected chi connectivity index (χ1v) is 5.20. The number of nitrogens with one attached hydrogen (secondary N) is 1. The molecule has 1 atom stereocenters. The van der Waals surface area contributed by atoms with Gasteiger partial charge in [0.2, 0.25) is 0 Å². The van der Waals surface area contributed by atoms with Crippen molar-refractivity contribution in [3.05, 3.63) is 22.7 Å². The van der Waals surface area contributed by atoms with Crippen molar-refractivity contribution in [1.82, 2.24) is 15.0 Å². The molecular weight excluding hydrogens is 244 g/mol. The van der Waals surface area contributed by atoms with Gasteiger partial charge in [0.05, 0.1) is 4.60 Å². The molecule has 0 saturated heterocycles. The fourth-order valence-corrected chi connectivity index (χ4v) is 2.31. The molecule has 0 amide bonds. The predicted octanol–water partition coefficient (Wildman–Crippen LogP) is 1.78. The first kappa shape index (κ1) is 9.61. The van der Waals surface area contributed by atoms with Gasteiger partial charge in [-0.05, 0) is 34.0 Å². The van der Waals surface area contributed by atoms with Crippen molar-refractivity contribution in [3.8, 4) is 0 Å². The highest BCUT2D eigenvalue weighted by Crippen LogP contribution is 2.30. The van der Waals surface area contributed by atoms with E-state index in [1.54, 1.807) is 0 Å². The van der Waals surface area contributed by atoms with Crippen molar-refractivity contribution in [2.75, 3.05) is 6.54 Å². The van der Waals surface area contributed by atoms with Gasteiger partial charge in [-0.25, -0.2) is 9.97 Å². The van der Waals surface area contributed by atoms with Gasteiger partial charge in [-0.3, -0.25) is 0 Å². The molecule has 2 aromatic heterocycles. The van der Waals surface area contributed by atoms with E-state index < -0.39 is 0 Å². The largest absolute Gasteiger partial charge is 0.334 e. The van der Waals surface area contributed by atoms with Gasteiger partial charge < -0.3 is 10.7 Å². The van der Waals surface area contributed by atoms with Crippen LogP contribution in [0.1, 0.15) is 18.4 Å². The monoisotopic (exact) mass is 254 g/mol. The molecule has 0 bridgehead atoms. The summed E-state index contributed by atoms with van der Waals surface area (Å²) in [4.78, 5) is 11.3. The van der Waals surface area contributed by atoms with Gasteiger partial charge in [-0.1, -0.05) is 6.92 Å². The van der Waals surface area contributed by atoms with Crippen LogP contribution < -0.4 is 5.73 Å². The van der Waals surface area contributed by atoms with E-state index in [4.69, 9.17) is 5.73 Å². The number of fused-ring (bicyclic) bond motifs is 1. The van der Waals surface area contributed by atoms with Crippen molar-refractivity contribution in [1.29, 1.82) is 0 Å². The molecule has 0 radical (unpaired) electrons. The maximum absolute atomic E-state index is 5.65. The quantitative estimate of drug-likeness (QED) is 0.859. The van der Waals surface area contributed by atoms with Gasteiger partial charge in [0.25, 0.3) is 0 Å². The lowest BCUT2D eigenvalue weighted by Gasteiger charge is -2.07. The van der Waals surface area contributed by atoms with Crippen LogP contribution >= 0.6 is 15.9 Å². The highest BCUT2D eigenvalue weighted by Gasteiger charge is 2.15.